The van der Waals surface area contributed by atoms with Crippen molar-refractivity contribution in [1.82, 2.24) is 9.97 Å². The monoisotopic (exact) mass is 374 g/mol. The van der Waals surface area contributed by atoms with E-state index in [1.165, 1.54) is 12.1 Å². The summed E-state index contributed by atoms with van der Waals surface area (Å²) in [6, 6.07) is 6.03. The van der Waals surface area contributed by atoms with E-state index in [2.05, 4.69) is 15.3 Å². The zero-order valence-electron chi connectivity index (χ0n) is 14.6. The van der Waals surface area contributed by atoms with Gasteiger partial charge in [-0.15, -0.1) is 0 Å². The van der Waals surface area contributed by atoms with Crippen molar-refractivity contribution in [2.45, 2.75) is 32.8 Å². The smallest absolute Gasteiger partial charge is 0.337 e. The fourth-order valence-electron chi connectivity index (χ4n) is 3.06. The molecule has 8 heteroatoms. The molecule has 2 heterocycles. The highest BCUT2D eigenvalue weighted by molar-refractivity contribution is 7.71. The molecule has 1 aliphatic rings. The number of H-pyrrole nitrogens is 1. The van der Waals surface area contributed by atoms with Crippen LogP contribution in [0.1, 0.15) is 37.8 Å². The SMILES string of the molecule is CC1=C(C(=O)OC(C)C)C(c2cccc(F)c2)c2c(nc(=S)[nH]c2N)N1. The molecule has 3 rings (SSSR count). The molecule has 1 aromatic carbocycles. The van der Waals surface area contributed by atoms with Crippen LogP contribution in [-0.4, -0.2) is 22.0 Å². The first-order chi connectivity index (χ1) is 12.3. The molecule has 136 valence electrons. The van der Waals surface area contributed by atoms with E-state index in [4.69, 9.17) is 22.7 Å². The van der Waals surface area contributed by atoms with Crippen LogP contribution < -0.4 is 11.1 Å². The summed E-state index contributed by atoms with van der Waals surface area (Å²) in [6.45, 7) is 5.27. The Morgan fingerprint density at radius 3 is 2.81 bits per heavy atom. The van der Waals surface area contributed by atoms with Gasteiger partial charge in [0, 0.05) is 11.3 Å². The van der Waals surface area contributed by atoms with Crippen LogP contribution in [0.15, 0.2) is 35.5 Å². The van der Waals surface area contributed by atoms with E-state index < -0.39 is 17.7 Å². The van der Waals surface area contributed by atoms with Crippen molar-refractivity contribution in [2.75, 3.05) is 11.1 Å². The molecule has 1 unspecified atom stereocenters. The largest absolute Gasteiger partial charge is 0.460 e. The number of hydrogen-bond acceptors (Lipinski definition) is 6. The van der Waals surface area contributed by atoms with Crippen LogP contribution in [0.2, 0.25) is 0 Å². The number of nitrogen functional groups attached to an aromatic ring is 1. The standard InChI is InChI=1S/C18H19FN4O2S/c1-8(2)25-17(24)12-9(3)21-16-14(15(20)22-18(26)23-16)13(12)10-5-4-6-11(19)7-10/h4-8,13H,1-3H3,(H4,20,21,22,23,26). The Bertz CT molecular complexity index is 968. The fraction of sp³-hybridized carbons (Fsp3) is 0.278. The first-order valence-electron chi connectivity index (χ1n) is 8.12. The number of fused-ring (bicyclic) bond motifs is 1. The number of anilines is 2. The summed E-state index contributed by atoms with van der Waals surface area (Å²) < 4.78 is 19.5. The molecule has 26 heavy (non-hydrogen) atoms. The fourth-order valence-corrected chi connectivity index (χ4v) is 3.26. The van der Waals surface area contributed by atoms with Crippen LogP contribution in [0.4, 0.5) is 16.0 Å². The van der Waals surface area contributed by atoms with Gasteiger partial charge in [0.2, 0.25) is 0 Å². The zero-order valence-corrected chi connectivity index (χ0v) is 15.4. The summed E-state index contributed by atoms with van der Waals surface area (Å²) in [7, 11) is 0. The Morgan fingerprint density at radius 2 is 2.15 bits per heavy atom. The zero-order chi connectivity index (χ0) is 19.0. The van der Waals surface area contributed by atoms with Gasteiger partial charge in [-0.05, 0) is 50.7 Å². The van der Waals surface area contributed by atoms with Gasteiger partial charge < -0.3 is 20.8 Å². The lowest BCUT2D eigenvalue weighted by atomic mass is 9.82. The number of allylic oxidation sites excluding steroid dienone is 1. The lowest BCUT2D eigenvalue weighted by Gasteiger charge is -2.30. The van der Waals surface area contributed by atoms with E-state index in [9.17, 15) is 9.18 Å². The van der Waals surface area contributed by atoms with Gasteiger partial charge in [0.1, 0.15) is 17.5 Å². The maximum absolute atomic E-state index is 13.9. The number of carbonyl (C=O) groups excluding carboxylic acids is 1. The number of nitrogens with one attached hydrogen (secondary N) is 2. The normalized spacial score (nSPS) is 16.3. The maximum Gasteiger partial charge on any atom is 0.337 e. The minimum Gasteiger partial charge on any atom is -0.460 e. The van der Waals surface area contributed by atoms with Gasteiger partial charge >= 0.3 is 5.97 Å². The number of nitrogens with two attached hydrogens (primary N) is 1. The number of carbonyl (C=O) groups is 1. The van der Waals surface area contributed by atoms with Gasteiger partial charge in [-0.3, -0.25) is 0 Å². The highest BCUT2D eigenvalue weighted by Gasteiger charge is 2.36. The molecule has 1 aromatic heterocycles. The van der Waals surface area contributed by atoms with Gasteiger partial charge in [-0.1, -0.05) is 12.1 Å². The summed E-state index contributed by atoms with van der Waals surface area (Å²) in [4.78, 5) is 19.8. The number of aromatic nitrogens is 2. The van der Waals surface area contributed by atoms with Crippen LogP contribution in [0.5, 0.6) is 0 Å². The van der Waals surface area contributed by atoms with E-state index in [-0.39, 0.29) is 16.7 Å². The van der Waals surface area contributed by atoms with Crippen molar-refractivity contribution in [3.8, 4) is 0 Å². The van der Waals surface area contributed by atoms with Crippen LogP contribution in [0.25, 0.3) is 0 Å². The van der Waals surface area contributed by atoms with Crippen molar-refractivity contribution in [2.24, 2.45) is 0 Å². The summed E-state index contributed by atoms with van der Waals surface area (Å²) in [6.07, 6.45) is -0.297. The average molecular weight is 374 g/mol. The number of rotatable bonds is 3. The Balaban J connectivity index is 2.25. The molecular formula is C18H19FN4O2S. The maximum atomic E-state index is 13.9. The van der Waals surface area contributed by atoms with Gasteiger partial charge in [0.05, 0.1) is 17.6 Å². The van der Waals surface area contributed by atoms with Gasteiger partial charge in [0.25, 0.3) is 0 Å². The number of ether oxygens (including phenoxy) is 1. The highest BCUT2D eigenvalue weighted by Crippen LogP contribution is 2.43. The average Bonchev–Trinajstić information content (AvgIpc) is 2.52. The predicted octanol–water partition coefficient (Wildman–Crippen LogP) is 3.64. The number of hydrogen-bond donors (Lipinski definition) is 3. The molecule has 2 aromatic rings. The molecule has 0 aliphatic carbocycles. The third-order valence-corrected chi connectivity index (χ3v) is 4.23. The second kappa shape index (κ2) is 6.87. The second-order valence-electron chi connectivity index (χ2n) is 6.32. The van der Waals surface area contributed by atoms with Crippen molar-refractivity contribution >= 4 is 29.8 Å². The first kappa shape index (κ1) is 18.1. The lowest BCUT2D eigenvalue weighted by molar-refractivity contribution is -0.142. The Kier molecular flexibility index (Phi) is 4.78. The molecule has 1 aliphatic heterocycles. The molecule has 0 fully saturated rings. The van der Waals surface area contributed by atoms with Gasteiger partial charge in [-0.2, -0.15) is 0 Å². The number of nitrogens with zero attached hydrogens (tertiary/aromatic N) is 1. The summed E-state index contributed by atoms with van der Waals surface area (Å²) >= 11 is 5.08. The van der Waals surface area contributed by atoms with E-state index >= 15 is 0 Å². The van der Waals surface area contributed by atoms with Crippen molar-refractivity contribution in [1.29, 1.82) is 0 Å². The van der Waals surface area contributed by atoms with Crippen LogP contribution in [0.3, 0.4) is 0 Å². The Hall–Kier alpha value is -2.74. The quantitative estimate of drug-likeness (QED) is 0.561. The molecule has 0 spiro atoms. The van der Waals surface area contributed by atoms with Gasteiger partial charge in [0.15, 0.2) is 4.77 Å². The third kappa shape index (κ3) is 3.32. The topological polar surface area (TPSA) is 93.0 Å². The molecule has 4 N–H and O–H groups in total. The number of halogens is 1. The highest BCUT2D eigenvalue weighted by atomic mass is 32.1. The van der Waals surface area contributed by atoms with Crippen molar-refractivity contribution < 1.29 is 13.9 Å². The lowest BCUT2D eigenvalue weighted by Crippen LogP contribution is -2.27. The van der Waals surface area contributed by atoms with E-state index in [0.29, 0.717) is 28.2 Å². The Labute approximate surface area is 155 Å². The minimum absolute atomic E-state index is 0.216. The Morgan fingerprint density at radius 1 is 1.42 bits per heavy atom. The van der Waals surface area contributed by atoms with Gasteiger partial charge in [-0.25, -0.2) is 14.2 Å². The summed E-state index contributed by atoms with van der Waals surface area (Å²) in [5, 5.41) is 3.07. The summed E-state index contributed by atoms with van der Waals surface area (Å²) in [5.41, 5.74) is 8.17. The molecule has 0 bridgehead atoms. The molecule has 0 radical (unpaired) electrons. The minimum atomic E-state index is -0.632. The van der Waals surface area contributed by atoms with Crippen LogP contribution in [0, 0.1) is 10.6 Å². The molecule has 0 saturated heterocycles. The van der Waals surface area contributed by atoms with Crippen molar-refractivity contribution in [3.63, 3.8) is 0 Å². The third-order valence-electron chi connectivity index (χ3n) is 4.03. The predicted molar refractivity (Wildman–Crippen MR) is 99.6 cm³/mol. The number of benzene rings is 1. The molecule has 1 atom stereocenters. The molecular weight excluding hydrogens is 355 g/mol. The van der Waals surface area contributed by atoms with Crippen LogP contribution in [-0.2, 0) is 9.53 Å². The second-order valence-corrected chi connectivity index (χ2v) is 6.71. The number of aromatic amines is 1. The van der Waals surface area contributed by atoms with E-state index in [1.54, 1.807) is 32.9 Å². The molecule has 0 saturated carbocycles. The van der Waals surface area contributed by atoms with E-state index in [0.717, 1.165) is 0 Å². The molecule has 0 amide bonds. The van der Waals surface area contributed by atoms with Crippen LogP contribution >= 0.6 is 12.2 Å². The first-order valence-corrected chi connectivity index (χ1v) is 8.52. The van der Waals surface area contributed by atoms with Crippen molar-refractivity contribution in [3.05, 3.63) is 57.3 Å². The van der Waals surface area contributed by atoms with E-state index in [1.807, 2.05) is 0 Å². The summed E-state index contributed by atoms with van der Waals surface area (Å²) in [5.74, 6) is -0.824. The molecule has 6 nitrogen and oxygen atoms in total. The number of esters is 1.